The van der Waals surface area contributed by atoms with E-state index < -0.39 is 0 Å². The third-order valence-electron chi connectivity index (χ3n) is 2.38. The van der Waals surface area contributed by atoms with E-state index in [1.807, 2.05) is 11.5 Å². The summed E-state index contributed by atoms with van der Waals surface area (Å²) in [6.07, 6.45) is 2.60. The zero-order valence-electron chi connectivity index (χ0n) is 9.78. The third-order valence-corrected chi connectivity index (χ3v) is 2.38. The Morgan fingerprint density at radius 1 is 1.60 bits per heavy atom. The van der Waals surface area contributed by atoms with Gasteiger partial charge < -0.3 is 9.30 Å². The molecule has 0 saturated heterocycles. The Kier molecular flexibility index (Phi) is 3.88. The lowest BCUT2D eigenvalue weighted by Gasteiger charge is -2.10. The van der Waals surface area contributed by atoms with Gasteiger partial charge in [-0.05, 0) is 19.3 Å². The molecule has 0 aliphatic heterocycles. The van der Waals surface area contributed by atoms with Gasteiger partial charge in [0.1, 0.15) is 11.5 Å². The highest BCUT2D eigenvalue weighted by Crippen LogP contribution is 2.10. The van der Waals surface area contributed by atoms with Gasteiger partial charge in [-0.25, -0.2) is 9.78 Å². The number of aromatic nitrogens is 2. The molecule has 0 amide bonds. The average Bonchev–Trinajstić information content (AvgIpc) is 2.55. The maximum atomic E-state index is 11.4. The van der Waals surface area contributed by atoms with Crippen molar-refractivity contribution in [1.29, 1.82) is 0 Å². The highest BCUT2D eigenvalue weighted by molar-refractivity contribution is 5.87. The molecule has 4 nitrogen and oxygen atoms in total. The zero-order valence-corrected chi connectivity index (χ0v) is 9.78. The number of carbonyl (C=O) groups excluding carboxylic acids is 1. The van der Waals surface area contributed by atoms with Gasteiger partial charge in [0.05, 0.1) is 13.3 Å². The van der Waals surface area contributed by atoms with Crippen LogP contribution < -0.4 is 0 Å². The molecule has 84 valence electrons. The van der Waals surface area contributed by atoms with Crippen molar-refractivity contribution in [2.24, 2.45) is 5.92 Å². The number of hydrogen-bond donors (Lipinski definition) is 0. The van der Waals surface area contributed by atoms with E-state index in [9.17, 15) is 4.79 Å². The number of aryl methyl sites for hydroxylation is 1. The fraction of sp³-hybridized carbons (Fsp3) is 0.636. The van der Waals surface area contributed by atoms with Crippen molar-refractivity contribution >= 4 is 5.97 Å². The molecular formula is C11H18N2O2. The molecule has 1 rings (SSSR count). The summed E-state index contributed by atoms with van der Waals surface area (Å²) in [6, 6.07) is 0. The molecule has 1 aromatic heterocycles. The van der Waals surface area contributed by atoms with Crippen molar-refractivity contribution in [3.63, 3.8) is 0 Å². The summed E-state index contributed by atoms with van der Waals surface area (Å²) in [5, 5.41) is 0. The first kappa shape index (κ1) is 11.8. The van der Waals surface area contributed by atoms with Crippen molar-refractivity contribution in [3.05, 3.63) is 17.7 Å². The minimum atomic E-state index is -0.320. The lowest BCUT2D eigenvalue weighted by Crippen LogP contribution is -2.13. The molecule has 0 saturated carbocycles. The fourth-order valence-electron chi connectivity index (χ4n) is 1.41. The molecule has 0 N–H and O–H groups in total. The minimum Gasteiger partial charge on any atom is -0.464 e. The van der Waals surface area contributed by atoms with E-state index in [2.05, 4.69) is 18.8 Å². The smallest absolute Gasteiger partial charge is 0.356 e. The summed E-state index contributed by atoms with van der Waals surface area (Å²) in [5.74, 6) is 1.15. The van der Waals surface area contributed by atoms with Gasteiger partial charge in [-0.2, -0.15) is 0 Å². The Hall–Kier alpha value is -1.32. The van der Waals surface area contributed by atoms with Gasteiger partial charge in [0.25, 0.3) is 0 Å². The van der Waals surface area contributed by atoms with Crippen LogP contribution in [0.1, 0.15) is 36.6 Å². The molecule has 1 aromatic rings. The molecule has 0 aromatic carbocycles. The zero-order chi connectivity index (χ0) is 11.4. The number of ether oxygens (including phenoxy) is 1. The summed E-state index contributed by atoms with van der Waals surface area (Å²) in [4.78, 5) is 15.5. The van der Waals surface area contributed by atoms with Crippen LogP contribution in [0.15, 0.2) is 6.20 Å². The number of esters is 1. The van der Waals surface area contributed by atoms with Gasteiger partial charge in [-0.15, -0.1) is 0 Å². The maximum Gasteiger partial charge on any atom is 0.356 e. The van der Waals surface area contributed by atoms with Crippen LogP contribution in [0.2, 0.25) is 0 Å². The Labute approximate surface area is 90.3 Å². The summed E-state index contributed by atoms with van der Waals surface area (Å²) >= 11 is 0. The first-order valence-corrected chi connectivity index (χ1v) is 5.16. The summed E-state index contributed by atoms with van der Waals surface area (Å²) in [7, 11) is 1.39. The van der Waals surface area contributed by atoms with E-state index in [0.717, 1.165) is 18.8 Å². The Morgan fingerprint density at radius 2 is 2.27 bits per heavy atom. The van der Waals surface area contributed by atoms with Crippen LogP contribution in [0.4, 0.5) is 0 Å². The second kappa shape index (κ2) is 4.96. The van der Waals surface area contributed by atoms with Crippen LogP contribution in [0.5, 0.6) is 0 Å². The minimum absolute atomic E-state index is 0.320. The van der Waals surface area contributed by atoms with Gasteiger partial charge in [0.2, 0.25) is 0 Å². The van der Waals surface area contributed by atoms with Crippen LogP contribution in [0.3, 0.4) is 0 Å². The highest BCUT2D eigenvalue weighted by atomic mass is 16.5. The lowest BCUT2D eigenvalue weighted by molar-refractivity contribution is 0.0587. The molecule has 1 heterocycles. The standard InChI is InChI=1S/C11H18N2O2/c1-8(2)5-6-13-9(3)12-7-10(13)11(14)15-4/h7-8H,5-6H2,1-4H3. The van der Waals surface area contributed by atoms with Crippen molar-refractivity contribution < 1.29 is 9.53 Å². The quantitative estimate of drug-likeness (QED) is 0.714. The van der Waals surface area contributed by atoms with E-state index in [0.29, 0.717) is 11.6 Å². The topological polar surface area (TPSA) is 44.1 Å². The van der Waals surface area contributed by atoms with Gasteiger partial charge in [-0.1, -0.05) is 13.8 Å². The second-order valence-electron chi connectivity index (χ2n) is 4.02. The van der Waals surface area contributed by atoms with Crippen molar-refractivity contribution in [2.45, 2.75) is 33.7 Å². The first-order chi connectivity index (χ1) is 7.06. The number of methoxy groups -OCH3 is 1. The van der Waals surface area contributed by atoms with Crippen LogP contribution in [-0.2, 0) is 11.3 Å². The molecule has 0 unspecified atom stereocenters. The number of nitrogens with zero attached hydrogens (tertiary/aromatic N) is 2. The Bertz CT molecular complexity index is 342. The monoisotopic (exact) mass is 210 g/mol. The third kappa shape index (κ3) is 2.81. The van der Waals surface area contributed by atoms with E-state index in [1.54, 1.807) is 6.20 Å². The molecule has 0 spiro atoms. The highest BCUT2D eigenvalue weighted by Gasteiger charge is 2.14. The van der Waals surface area contributed by atoms with Crippen LogP contribution in [0, 0.1) is 12.8 Å². The molecule has 0 atom stereocenters. The molecular weight excluding hydrogens is 192 g/mol. The molecule has 0 radical (unpaired) electrons. The summed E-state index contributed by atoms with van der Waals surface area (Å²) in [5.41, 5.74) is 0.538. The maximum absolute atomic E-state index is 11.4. The summed E-state index contributed by atoms with van der Waals surface area (Å²) in [6.45, 7) is 7.02. The van der Waals surface area contributed by atoms with Crippen molar-refractivity contribution in [2.75, 3.05) is 7.11 Å². The predicted molar refractivity (Wildman–Crippen MR) is 57.8 cm³/mol. The molecule has 0 fully saturated rings. The van der Waals surface area contributed by atoms with Crippen LogP contribution in [-0.4, -0.2) is 22.6 Å². The van der Waals surface area contributed by atoms with Gasteiger partial charge >= 0.3 is 5.97 Å². The van der Waals surface area contributed by atoms with Gasteiger partial charge in [-0.3, -0.25) is 0 Å². The number of imidazole rings is 1. The Balaban J connectivity index is 2.84. The van der Waals surface area contributed by atoms with E-state index in [1.165, 1.54) is 7.11 Å². The number of hydrogen-bond acceptors (Lipinski definition) is 3. The summed E-state index contributed by atoms with van der Waals surface area (Å²) < 4.78 is 6.61. The molecule has 15 heavy (non-hydrogen) atoms. The van der Waals surface area contributed by atoms with Crippen LogP contribution in [0.25, 0.3) is 0 Å². The normalized spacial score (nSPS) is 10.7. The molecule has 0 aliphatic rings. The second-order valence-corrected chi connectivity index (χ2v) is 4.02. The fourth-order valence-corrected chi connectivity index (χ4v) is 1.41. The molecule has 0 bridgehead atoms. The molecule has 4 heteroatoms. The van der Waals surface area contributed by atoms with E-state index in [-0.39, 0.29) is 5.97 Å². The van der Waals surface area contributed by atoms with E-state index in [4.69, 9.17) is 4.74 Å². The average molecular weight is 210 g/mol. The number of rotatable bonds is 4. The van der Waals surface area contributed by atoms with Crippen LogP contribution >= 0.6 is 0 Å². The van der Waals surface area contributed by atoms with Gasteiger partial charge in [0.15, 0.2) is 0 Å². The van der Waals surface area contributed by atoms with Crippen molar-refractivity contribution in [1.82, 2.24) is 9.55 Å². The lowest BCUT2D eigenvalue weighted by atomic mass is 10.1. The Morgan fingerprint density at radius 3 is 2.80 bits per heavy atom. The SMILES string of the molecule is COC(=O)c1cnc(C)n1CCC(C)C. The molecule has 0 aliphatic carbocycles. The largest absolute Gasteiger partial charge is 0.464 e. The van der Waals surface area contributed by atoms with E-state index >= 15 is 0 Å². The number of carbonyl (C=O) groups is 1. The van der Waals surface area contributed by atoms with Crippen molar-refractivity contribution in [3.8, 4) is 0 Å². The predicted octanol–water partition coefficient (Wildman–Crippen LogP) is 2.02. The first-order valence-electron chi connectivity index (χ1n) is 5.16. The van der Waals surface area contributed by atoms with Gasteiger partial charge in [0, 0.05) is 6.54 Å².